The van der Waals surface area contributed by atoms with E-state index in [4.69, 9.17) is 5.73 Å². The predicted molar refractivity (Wildman–Crippen MR) is 70.9 cm³/mol. The van der Waals surface area contributed by atoms with Gasteiger partial charge in [-0.25, -0.2) is 0 Å². The van der Waals surface area contributed by atoms with Crippen LogP contribution in [0.5, 0.6) is 0 Å². The Morgan fingerprint density at radius 3 is 2.56 bits per heavy atom. The highest BCUT2D eigenvalue weighted by molar-refractivity contribution is 5.82. The number of rotatable bonds is 6. The van der Waals surface area contributed by atoms with Gasteiger partial charge in [-0.05, 0) is 25.7 Å². The normalized spacial score (nSPS) is 17.3. The summed E-state index contributed by atoms with van der Waals surface area (Å²) in [6.45, 7) is 4.11. The second-order valence-electron chi connectivity index (χ2n) is 4.88. The number of hydrogen-bond donors (Lipinski definition) is 2. The number of nitrogens with one attached hydrogen (secondary N) is 1. The van der Waals surface area contributed by atoms with Gasteiger partial charge in [0, 0.05) is 26.1 Å². The molecule has 2 amide bonds. The molecule has 1 heterocycles. The first-order chi connectivity index (χ1) is 8.65. The number of likely N-dealkylation sites (tertiary alicyclic amines) is 1. The van der Waals surface area contributed by atoms with Crippen LogP contribution in [-0.4, -0.2) is 42.4 Å². The number of hydrogen-bond acceptors (Lipinski definition) is 3. The number of carbonyl (C=O) groups is 2. The van der Waals surface area contributed by atoms with Gasteiger partial charge in [-0.3, -0.25) is 9.59 Å². The van der Waals surface area contributed by atoms with Gasteiger partial charge in [0.25, 0.3) is 0 Å². The average molecular weight is 255 g/mol. The number of amides is 2. The molecule has 0 saturated carbocycles. The monoisotopic (exact) mass is 255 g/mol. The Morgan fingerprint density at radius 2 is 1.94 bits per heavy atom. The molecule has 1 aliphatic heterocycles. The van der Waals surface area contributed by atoms with Gasteiger partial charge in [-0.15, -0.1) is 0 Å². The van der Waals surface area contributed by atoms with Crippen LogP contribution in [0.4, 0.5) is 0 Å². The highest BCUT2D eigenvalue weighted by Crippen LogP contribution is 2.09. The third kappa shape index (κ3) is 5.04. The molecule has 1 atom stereocenters. The molecule has 104 valence electrons. The first kappa shape index (κ1) is 15.0. The zero-order valence-electron chi connectivity index (χ0n) is 11.3. The Labute approximate surface area is 109 Å². The maximum atomic E-state index is 11.8. The molecule has 5 heteroatoms. The van der Waals surface area contributed by atoms with Crippen LogP contribution in [-0.2, 0) is 9.59 Å². The highest BCUT2D eigenvalue weighted by Gasteiger charge is 2.17. The topological polar surface area (TPSA) is 75.4 Å². The van der Waals surface area contributed by atoms with Crippen molar-refractivity contribution in [1.29, 1.82) is 0 Å². The van der Waals surface area contributed by atoms with E-state index in [0.717, 1.165) is 32.4 Å². The van der Waals surface area contributed by atoms with Crippen LogP contribution in [0, 0.1) is 0 Å². The van der Waals surface area contributed by atoms with Crippen LogP contribution < -0.4 is 11.1 Å². The van der Waals surface area contributed by atoms with E-state index in [0.29, 0.717) is 19.4 Å². The molecule has 3 N–H and O–H groups in total. The molecule has 1 fully saturated rings. The molecule has 0 radical (unpaired) electrons. The summed E-state index contributed by atoms with van der Waals surface area (Å²) < 4.78 is 0. The zero-order chi connectivity index (χ0) is 13.4. The van der Waals surface area contributed by atoms with Crippen LogP contribution in [0.25, 0.3) is 0 Å². The number of nitrogens with two attached hydrogens (primary N) is 1. The molecule has 0 spiro atoms. The maximum Gasteiger partial charge on any atom is 0.236 e. The van der Waals surface area contributed by atoms with Gasteiger partial charge in [-0.2, -0.15) is 0 Å². The molecular weight excluding hydrogens is 230 g/mol. The Morgan fingerprint density at radius 1 is 1.28 bits per heavy atom. The van der Waals surface area contributed by atoms with Gasteiger partial charge in [0.2, 0.25) is 11.8 Å². The third-order valence-electron chi connectivity index (χ3n) is 3.28. The van der Waals surface area contributed by atoms with Gasteiger partial charge in [0.1, 0.15) is 0 Å². The van der Waals surface area contributed by atoms with Crippen LogP contribution in [0.15, 0.2) is 0 Å². The molecule has 1 aliphatic rings. The van der Waals surface area contributed by atoms with Crippen molar-refractivity contribution in [2.75, 3.05) is 19.6 Å². The van der Waals surface area contributed by atoms with Crippen molar-refractivity contribution in [1.82, 2.24) is 10.2 Å². The van der Waals surface area contributed by atoms with Gasteiger partial charge in [0.15, 0.2) is 0 Å². The summed E-state index contributed by atoms with van der Waals surface area (Å²) in [5.41, 5.74) is 5.68. The van der Waals surface area contributed by atoms with Gasteiger partial charge >= 0.3 is 0 Å². The summed E-state index contributed by atoms with van der Waals surface area (Å²) in [5, 5.41) is 2.73. The van der Waals surface area contributed by atoms with Crippen molar-refractivity contribution in [3.8, 4) is 0 Å². The molecule has 18 heavy (non-hydrogen) atoms. The third-order valence-corrected chi connectivity index (χ3v) is 3.28. The van der Waals surface area contributed by atoms with E-state index in [1.54, 1.807) is 0 Å². The Bertz CT molecular complexity index is 275. The highest BCUT2D eigenvalue weighted by atomic mass is 16.2. The van der Waals surface area contributed by atoms with Gasteiger partial charge in [0.05, 0.1) is 6.04 Å². The summed E-state index contributed by atoms with van der Waals surface area (Å²) in [5.74, 6) is -0.0117. The number of carbonyl (C=O) groups excluding carboxylic acids is 2. The molecule has 0 aromatic rings. The summed E-state index contributed by atoms with van der Waals surface area (Å²) in [7, 11) is 0. The Hall–Kier alpha value is -1.10. The lowest BCUT2D eigenvalue weighted by molar-refractivity contribution is -0.132. The summed E-state index contributed by atoms with van der Waals surface area (Å²) in [6, 6.07) is -0.444. The minimum Gasteiger partial charge on any atom is -0.354 e. The van der Waals surface area contributed by atoms with E-state index in [9.17, 15) is 9.59 Å². The number of nitrogens with zero attached hydrogens (tertiary/aromatic N) is 1. The van der Waals surface area contributed by atoms with E-state index in [1.165, 1.54) is 6.42 Å². The van der Waals surface area contributed by atoms with Crippen molar-refractivity contribution in [3.63, 3.8) is 0 Å². The molecule has 0 aromatic heterocycles. The Kier molecular flexibility index (Phi) is 6.72. The Balaban J connectivity index is 2.16. The zero-order valence-corrected chi connectivity index (χ0v) is 11.3. The maximum absolute atomic E-state index is 11.8. The van der Waals surface area contributed by atoms with Crippen molar-refractivity contribution in [3.05, 3.63) is 0 Å². The standard InChI is InChI=1S/C13H25N3O2/c1-2-6-11(14)13(18)15-8-7-12(17)16-9-4-3-5-10-16/h11H,2-10,14H2,1H3,(H,15,18)/t11-/m0/s1. The minimum absolute atomic E-state index is 0.138. The predicted octanol–water partition coefficient (Wildman–Crippen LogP) is 0.633. The van der Waals surface area contributed by atoms with Crippen LogP contribution >= 0.6 is 0 Å². The lowest BCUT2D eigenvalue weighted by atomic mass is 10.1. The number of piperidine rings is 1. The van der Waals surface area contributed by atoms with Crippen LogP contribution in [0.3, 0.4) is 0 Å². The van der Waals surface area contributed by atoms with Crippen molar-refractivity contribution in [2.24, 2.45) is 5.73 Å². The lowest BCUT2D eigenvalue weighted by Gasteiger charge is -2.26. The first-order valence-electron chi connectivity index (χ1n) is 6.96. The van der Waals surface area contributed by atoms with E-state index in [1.807, 2.05) is 11.8 Å². The van der Waals surface area contributed by atoms with Crippen LogP contribution in [0.1, 0.15) is 45.4 Å². The molecule has 5 nitrogen and oxygen atoms in total. The second-order valence-corrected chi connectivity index (χ2v) is 4.88. The lowest BCUT2D eigenvalue weighted by Crippen LogP contribution is -2.42. The summed E-state index contributed by atoms with van der Waals surface area (Å²) >= 11 is 0. The summed E-state index contributed by atoms with van der Waals surface area (Å²) in [6.07, 6.45) is 5.36. The van der Waals surface area contributed by atoms with Gasteiger partial charge < -0.3 is 16.0 Å². The molecule has 1 saturated heterocycles. The minimum atomic E-state index is -0.444. The van der Waals surface area contributed by atoms with Crippen molar-refractivity contribution < 1.29 is 9.59 Å². The molecular formula is C13H25N3O2. The van der Waals surface area contributed by atoms with Crippen LogP contribution in [0.2, 0.25) is 0 Å². The fourth-order valence-electron chi connectivity index (χ4n) is 2.17. The summed E-state index contributed by atoms with van der Waals surface area (Å²) in [4.78, 5) is 25.2. The fourth-order valence-corrected chi connectivity index (χ4v) is 2.17. The quantitative estimate of drug-likeness (QED) is 0.731. The molecule has 0 unspecified atom stereocenters. The van der Waals surface area contributed by atoms with Crippen molar-refractivity contribution >= 4 is 11.8 Å². The first-order valence-corrected chi connectivity index (χ1v) is 6.96. The smallest absolute Gasteiger partial charge is 0.236 e. The van der Waals surface area contributed by atoms with E-state index < -0.39 is 6.04 Å². The molecule has 0 bridgehead atoms. The van der Waals surface area contributed by atoms with E-state index in [2.05, 4.69) is 5.32 Å². The second kappa shape index (κ2) is 8.08. The SMILES string of the molecule is CCC[C@H](N)C(=O)NCCC(=O)N1CCCCC1. The van der Waals surface area contributed by atoms with Crippen molar-refractivity contribution in [2.45, 2.75) is 51.5 Å². The largest absolute Gasteiger partial charge is 0.354 e. The van der Waals surface area contributed by atoms with E-state index in [-0.39, 0.29) is 11.8 Å². The fraction of sp³-hybridized carbons (Fsp3) is 0.846. The molecule has 1 rings (SSSR count). The average Bonchev–Trinajstić information content (AvgIpc) is 2.39. The molecule has 0 aromatic carbocycles. The van der Waals surface area contributed by atoms with Gasteiger partial charge in [-0.1, -0.05) is 13.3 Å². The molecule has 0 aliphatic carbocycles. The van der Waals surface area contributed by atoms with E-state index >= 15 is 0 Å².